The lowest BCUT2D eigenvalue weighted by atomic mass is 9.88. The van der Waals surface area contributed by atoms with Gasteiger partial charge in [-0.05, 0) is 61.6 Å². The van der Waals surface area contributed by atoms with Crippen molar-refractivity contribution in [3.05, 3.63) is 58.1 Å². The van der Waals surface area contributed by atoms with Gasteiger partial charge in [0.2, 0.25) is 0 Å². The number of morpholine rings is 1. The van der Waals surface area contributed by atoms with Crippen LogP contribution < -0.4 is 9.64 Å². The molecule has 0 aromatic heterocycles. The molecule has 1 N–H and O–H groups in total. The summed E-state index contributed by atoms with van der Waals surface area (Å²) < 4.78 is 51.5. The number of nitrogens with zero attached hydrogens (tertiary/aromatic N) is 3. The maximum atomic E-state index is 13.3. The molecular formula is C28H34F3N3O3. The number of hydrogen-bond acceptors (Lipinski definition) is 6. The highest BCUT2D eigenvalue weighted by Gasteiger charge is 2.36. The molecule has 2 saturated heterocycles. The van der Waals surface area contributed by atoms with Gasteiger partial charge in [0, 0.05) is 44.8 Å². The average molecular weight is 518 g/mol. The molecule has 0 amide bonds. The number of anilines is 1. The quantitative estimate of drug-likeness (QED) is 0.568. The van der Waals surface area contributed by atoms with Gasteiger partial charge in [0.15, 0.2) is 0 Å². The van der Waals surface area contributed by atoms with Crippen LogP contribution >= 0.6 is 0 Å². The van der Waals surface area contributed by atoms with Crippen LogP contribution in [0.2, 0.25) is 0 Å². The summed E-state index contributed by atoms with van der Waals surface area (Å²) in [6.07, 6.45) is -3.30. The fourth-order valence-corrected chi connectivity index (χ4v) is 5.21. The zero-order chi connectivity index (χ0) is 26.6. The van der Waals surface area contributed by atoms with Gasteiger partial charge in [0.05, 0.1) is 42.6 Å². The number of halogens is 3. The Morgan fingerprint density at radius 2 is 1.70 bits per heavy atom. The van der Waals surface area contributed by atoms with E-state index in [4.69, 9.17) is 14.7 Å². The molecule has 37 heavy (non-hydrogen) atoms. The molecule has 0 saturated carbocycles. The summed E-state index contributed by atoms with van der Waals surface area (Å²) in [6, 6.07) is 9.69. The van der Waals surface area contributed by atoms with E-state index < -0.39 is 17.3 Å². The number of aliphatic hydroxyl groups is 1. The number of benzene rings is 2. The first kappa shape index (κ1) is 27.2. The number of nitriles is 1. The lowest BCUT2D eigenvalue weighted by molar-refractivity contribution is -0.137. The van der Waals surface area contributed by atoms with E-state index in [-0.39, 0.29) is 5.56 Å². The monoisotopic (exact) mass is 517 g/mol. The van der Waals surface area contributed by atoms with E-state index in [2.05, 4.69) is 17.0 Å². The lowest BCUT2D eigenvalue weighted by Crippen LogP contribution is -2.45. The van der Waals surface area contributed by atoms with Gasteiger partial charge in [-0.25, -0.2) is 0 Å². The second-order valence-electron chi connectivity index (χ2n) is 10.1. The van der Waals surface area contributed by atoms with Crippen LogP contribution in [0.1, 0.15) is 47.1 Å². The highest BCUT2D eigenvalue weighted by Crippen LogP contribution is 2.36. The number of aryl methyl sites for hydroxylation is 2. The summed E-state index contributed by atoms with van der Waals surface area (Å²) in [5.74, 6) is 0.837. The highest BCUT2D eigenvalue weighted by atomic mass is 19.4. The van der Waals surface area contributed by atoms with Crippen LogP contribution in [0.5, 0.6) is 5.75 Å². The predicted octanol–water partition coefficient (Wildman–Crippen LogP) is 4.83. The molecule has 2 aromatic rings. The molecular weight excluding hydrogens is 483 g/mol. The minimum atomic E-state index is -4.59. The Kier molecular flexibility index (Phi) is 8.32. The normalized spacial score (nSPS) is 18.5. The third kappa shape index (κ3) is 6.75. The Morgan fingerprint density at radius 3 is 2.30 bits per heavy atom. The molecule has 9 heteroatoms. The van der Waals surface area contributed by atoms with Crippen LogP contribution in [0.3, 0.4) is 0 Å². The van der Waals surface area contributed by atoms with Gasteiger partial charge >= 0.3 is 6.18 Å². The molecule has 0 atom stereocenters. The maximum absolute atomic E-state index is 13.3. The molecule has 0 radical (unpaired) electrons. The number of rotatable bonds is 7. The first-order valence-electron chi connectivity index (χ1n) is 12.7. The van der Waals surface area contributed by atoms with Crippen LogP contribution in [-0.2, 0) is 17.5 Å². The van der Waals surface area contributed by atoms with Crippen LogP contribution in [0.15, 0.2) is 30.3 Å². The zero-order valence-corrected chi connectivity index (χ0v) is 21.4. The van der Waals surface area contributed by atoms with Crippen LogP contribution in [0, 0.1) is 25.2 Å². The van der Waals surface area contributed by atoms with Crippen molar-refractivity contribution in [1.29, 1.82) is 5.26 Å². The van der Waals surface area contributed by atoms with Crippen LogP contribution in [0.25, 0.3) is 0 Å². The molecule has 2 aliphatic heterocycles. The second kappa shape index (κ2) is 11.3. The first-order chi connectivity index (χ1) is 17.6. The highest BCUT2D eigenvalue weighted by molar-refractivity contribution is 5.55. The average Bonchev–Trinajstić information content (AvgIpc) is 2.86. The van der Waals surface area contributed by atoms with E-state index in [0.29, 0.717) is 44.6 Å². The molecule has 6 nitrogen and oxygen atoms in total. The van der Waals surface area contributed by atoms with E-state index in [9.17, 15) is 18.3 Å². The summed E-state index contributed by atoms with van der Waals surface area (Å²) in [7, 11) is 0. The summed E-state index contributed by atoms with van der Waals surface area (Å²) in [6.45, 7) is 9.55. The van der Waals surface area contributed by atoms with E-state index in [1.165, 1.54) is 17.7 Å². The van der Waals surface area contributed by atoms with Crippen LogP contribution in [-0.4, -0.2) is 61.6 Å². The largest absolute Gasteiger partial charge is 0.493 e. The van der Waals surface area contributed by atoms with Crippen molar-refractivity contribution in [1.82, 2.24) is 4.90 Å². The van der Waals surface area contributed by atoms with Crippen molar-refractivity contribution in [2.75, 3.05) is 50.9 Å². The molecule has 0 unspecified atom stereocenters. The Labute approximate surface area is 216 Å². The molecule has 0 aliphatic carbocycles. The summed E-state index contributed by atoms with van der Waals surface area (Å²) in [5.41, 5.74) is 1.52. The van der Waals surface area contributed by atoms with Crippen molar-refractivity contribution < 1.29 is 27.8 Å². The molecule has 2 aliphatic rings. The van der Waals surface area contributed by atoms with E-state index in [1.807, 2.05) is 18.7 Å². The van der Waals surface area contributed by atoms with Crippen molar-refractivity contribution in [3.8, 4) is 11.8 Å². The molecule has 2 heterocycles. The molecule has 4 rings (SSSR count). The van der Waals surface area contributed by atoms with Crippen LogP contribution in [0.4, 0.5) is 18.9 Å². The van der Waals surface area contributed by atoms with Crippen molar-refractivity contribution in [2.45, 2.75) is 51.4 Å². The number of alkyl halides is 3. The van der Waals surface area contributed by atoms with E-state index in [0.717, 1.165) is 55.8 Å². The SMILES string of the molecule is Cc1cc(CN2CCOCC2)cc(C)c1OCCC1(O)CCN(c2ccc(C#N)c(C(F)(F)F)c2)CC1. The Morgan fingerprint density at radius 1 is 1.05 bits per heavy atom. The summed E-state index contributed by atoms with van der Waals surface area (Å²) in [4.78, 5) is 4.20. The van der Waals surface area contributed by atoms with Gasteiger partial charge < -0.3 is 19.5 Å². The van der Waals surface area contributed by atoms with Crippen molar-refractivity contribution in [2.24, 2.45) is 0 Å². The number of piperidine rings is 1. The zero-order valence-electron chi connectivity index (χ0n) is 21.4. The van der Waals surface area contributed by atoms with Crippen molar-refractivity contribution in [3.63, 3.8) is 0 Å². The van der Waals surface area contributed by atoms with Gasteiger partial charge in [-0.1, -0.05) is 12.1 Å². The number of hydrogen-bond donors (Lipinski definition) is 1. The first-order valence-corrected chi connectivity index (χ1v) is 12.7. The third-order valence-electron chi connectivity index (χ3n) is 7.33. The van der Waals surface area contributed by atoms with Gasteiger partial charge in [-0.15, -0.1) is 0 Å². The molecule has 0 bridgehead atoms. The summed E-state index contributed by atoms with van der Waals surface area (Å²) >= 11 is 0. The lowest BCUT2D eigenvalue weighted by Gasteiger charge is -2.39. The second-order valence-corrected chi connectivity index (χ2v) is 10.1. The van der Waals surface area contributed by atoms with E-state index >= 15 is 0 Å². The molecule has 2 fully saturated rings. The minimum Gasteiger partial charge on any atom is -0.493 e. The van der Waals surface area contributed by atoms with Crippen molar-refractivity contribution >= 4 is 5.69 Å². The van der Waals surface area contributed by atoms with Gasteiger partial charge in [0.25, 0.3) is 0 Å². The Hall–Kier alpha value is -2.80. The number of ether oxygens (including phenoxy) is 2. The molecule has 200 valence electrons. The van der Waals surface area contributed by atoms with Gasteiger partial charge in [-0.3, -0.25) is 4.90 Å². The third-order valence-corrected chi connectivity index (χ3v) is 7.33. The minimum absolute atomic E-state index is 0.357. The van der Waals surface area contributed by atoms with Gasteiger partial charge in [-0.2, -0.15) is 18.4 Å². The topological polar surface area (TPSA) is 69.0 Å². The Balaban J connectivity index is 1.31. The predicted molar refractivity (Wildman–Crippen MR) is 135 cm³/mol. The maximum Gasteiger partial charge on any atom is 0.417 e. The molecule has 2 aromatic carbocycles. The summed E-state index contributed by atoms with van der Waals surface area (Å²) in [5, 5.41) is 20.1. The van der Waals surface area contributed by atoms with E-state index in [1.54, 1.807) is 6.07 Å². The molecule has 0 spiro atoms. The smallest absolute Gasteiger partial charge is 0.417 e. The fraction of sp³-hybridized carbons (Fsp3) is 0.536. The Bertz CT molecular complexity index is 1110. The van der Waals surface area contributed by atoms with Gasteiger partial charge in [0.1, 0.15) is 5.75 Å². The fourth-order valence-electron chi connectivity index (χ4n) is 5.21. The standard InChI is InChI=1S/C28H34F3N3O3/c1-20-15-22(19-33-10-13-36-14-11-33)16-21(2)26(20)37-12-7-27(35)5-8-34(9-6-27)24-4-3-23(18-32)25(17-24)28(29,30)31/h3-4,15-17,35H,5-14,19H2,1-2H3.